The van der Waals surface area contributed by atoms with Gasteiger partial charge in [0.1, 0.15) is 0 Å². The molecule has 1 saturated heterocycles. The zero-order valence-electron chi connectivity index (χ0n) is 15.0. The quantitative estimate of drug-likeness (QED) is 0.543. The first kappa shape index (κ1) is 18.4. The maximum atomic E-state index is 12.8. The molecule has 0 saturated carbocycles. The van der Waals surface area contributed by atoms with E-state index in [1.807, 2.05) is 86.6 Å². The van der Waals surface area contributed by atoms with Crippen LogP contribution in [-0.2, 0) is 4.79 Å². The third kappa shape index (κ3) is 4.06. The molecule has 0 atom stereocenters. The van der Waals surface area contributed by atoms with Crippen molar-refractivity contribution < 1.29 is 4.79 Å². The van der Waals surface area contributed by atoms with Crippen LogP contribution in [0.2, 0.25) is 0 Å². The van der Waals surface area contributed by atoms with Gasteiger partial charge in [0.25, 0.3) is 5.91 Å². The van der Waals surface area contributed by atoms with Crippen LogP contribution in [-0.4, -0.2) is 24.3 Å². The smallest absolute Gasteiger partial charge is 0.270 e. The summed E-state index contributed by atoms with van der Waals surface area (Å²) in [5.41, 5.74) is 4.00. The third-order valence-corrected chi connectivity index (χ3v) is 5.27. The van der Waals surface area contributed by atoms with E-state index in [9.17, 15) is 4.79 Å². The number of thioether (sulfide) groups is 1. The van der Waals surface area contributed by atoms with Crippen LogP contribution >= 0.6 is 24.0 Å². The van der Waals surface area contributed by atoms with Gasteiger partial charge < -0.3 is 4.90 Å². The Bertz CT molecular complexity index is 884. The van der Waals surface area contributed by atoms with Gasteiger partial charge in [-0.3, -0.25) is 9.69 Å². The van der Waals surface area contributed by atoms with Gasteiger partial charge >= 0.3 is 0 Å². The van der Waals surface area contributed by atoms with Crippen molar-refractivity contribution >= 4 is 51.7 Å². The molecule has 132 valence electrons. The Morgan fingerprint density at radius 2 is 1.73 bits per heavy atom. The summed E-state index contributed by atoms with van der Waals surface area (Å²) in [6, 6.07) is 17.9. The fourth-order valence-electron chi connectivity index (χ4n) is 2.65. The number of thiocarbonyl (C=S) groups is 1. The first-order valence-electron chi connectivity index (χ1n) is 8.24. The molecule has 0 radical (unpaired) electrons. The lowest BCUT2D eigenvalue weighted by Gasteiger charge is -2.17. The molecule has 0 bridgehead atoms. The van der Waals surface area contributed by atoms with Crippen molar-refractivity contribution in [2.45, 2.75) is 6.92 Å². The Morgan fingerprint density at radius 1 is 1.08 bits per heavy atom. The second kappa shape index (κ2) is 7.89. The second-order valence-corrected chi connectivity index (χ2v) is 7.90. The lowest BCUT2D eigenvalue weighted by molar-refractivity contribution is -0.113. The minimum absolute atomic E-state index is 0.0709. The van der Waals surface area contributed by atoms with Crippen LogP contribution in [0.15, 0.2) is 71.2 Å². The minimum Gasteiger partial charge on any atom is -0.378 e. The first-order valence-corrected chi connectivity index (χ1v) is 9.47. The summed E-state index contributed by atoms with van der Waals surface area (Å²) in [7, 11) is 3.97. The summed E-state index contributed by atoms with van der Waals surface area (Å²) >= 11 is 6.78. The molecule has 0 unspecified atom stereocenters. The highest BCUT2D eigenvalue weighted by Gasteiger charge is 2.33. The van der Waals surface area contributed by atoms with Crippen molar-refractivity contribution in [3.05, 3.63) is 76.7 Å². The molecule has 3 rings (SSSR count). The molecule has 2 aromatic rings. The van der Waals surface area contributed by atoms with Gasteiger partial charge in [0.15, 0.2) is 4.32 Å². The van der Waals surface area contributed by atoms with E-state index in [-0.39, 0.29) is 5.91 Å². The van der Waals surface area contributed by atoms with E-state index in [1.54, 1.807) is 4.90 Å². The van der Waals surface area contributed by atoms with E-state index in [1.165, 1.54) is 11.8 Å². The lowest BCUT2D eigenvalue weighted by Crippen LogP contribution is -2.27. The van der Waals surface area contributed by atoms with Crippen molar-refractivity contribution in [2.24, 2.45) is 0 Å². The van der Waals surface area contributed by atoms with Gasteiger partial charge in [-0.25, -0.2) is 0 Å². The van der Waals surface area contributed by atoms with Crippen molar-refractivity contribution in [1.82, 2.24) is 0 Å². The largest absolute Gasteiger partial charge is 0.378 e. The normalized spacial score (nSPS) is 16.5. The van der Waals surface area contributed by atoms with Gasteiger partial charge in [0.2, 0.25) is 0 Å². The van der Waals surface area contributed by atoms with Crippen molar-refractivity contribution in [1.29, 1.82) is 0 Å². The molecule has 0 aliphatic carbocycles. The molecular formula is C21H20N2OS2. The fraction of sp³-hybridized carbons (Fsp3) is 0.143. The standard InChI is InChI=1S/C21H20N2OS2/c1-15(13-16-7-5-4-6-8-16)14-19-20(24)23(21(25)26-19)18-11-9-17(10-12-18)22(2)3/h4-14H,1-3H3/b15-13+,19-14+. The van der Waals surface area contributed by atoms with E-state index in [2.05, 4.69) is 6.08 Å². The van der Waals surface area contributed by atoms with Gasteiger partial charge in [0, 0.05) is 19.8 Å². The van der Waals surface area contributed by atoms with Gasteiger partial charge in [-0.15, -0.1) is 0 Å². The number of hydrogen-bond acceptors (Lipinski definition) is 4. The number of benzene rings is 2. The maximum Gasteiger partial charge on any atom is 0.270 e. The summed E-state index contributed by atoms with van der Waals surface area (Å²) in [4.78, 5) is 17.1. The Labute approximate surface area is 164 Å². The van der Waals surface area contributed by atoms with Crippen LogP contribution in [0.5, 0.6) is 0 Å². The Hall–Kier alpha value is -2.37. The molecule has 5 heteroatoms. The van der Waals surface area contributed by atoms with Gasteiger partial charge in [-0.2, -0.15) is 0 Å². The van der Waals surface area contributed by atoms with Crippen LogP contribution in [0.4, 0.5) is 11.4 Å². The van der Waals surface area contributed by atoms with Gasteiger partial charge in [-0.1, -0.05) is 60.4 Å². The average Bonchev–Trinajstić information content (AvgIpc) is 2.89. The highest BCUT2D eigenvalue weighted by Crippen LogP contribution is 2.36. The number of allylic oxidation sites excluding steroid dienone is 2. The summed E-state index contributed by atoms with van der Waals surface area (Å²) in [6.45, 7) is 1.99. The predicted molar refractivity (Wildman–Crippen MR) is 117 cm³/mol. The lowest BCUT2D eigenvalue weighted by atomic mass is 10.1. The van der Waals surface area contributed by atoms with E-state index in [0.29, 0.717) is 9.23 Å². The number of rotatable bonds is 4. The number of hydrogen-bond donors (Lipinski definition) is 0. The molecule has 2 aromatic carbocycles. The Balaban J connectivity index is 1.83. The topological polar surface area (TPSA) is 23.6 Å². The molecular weight excluding hydrogens is 360 g/mol. The number of anilines is 2. The molecule has 1 aliphatic heterocycles. The Kier molecular flexibility index (Phi) is 5.59. The molecule has 26 heavy (non-hydrogen) atoms. The Morgan fingerprint density at radius 3 is 2.35 bits per heavy atom. The molecule has 3 nitrogen and oxygen atoms in total. The minimum atomic E-state index is -0.0709. The van der Waals surface area contributed by atoms with Crippen molar-refractivity contribution in [3.63, 3.8) is 0 Å². The molecule has 0 aromatic heterocycles. The van der Waals surface area contributed by atoms with E-state index in [0.717, 1.165) is 22.5 Å². The number of nitrogens with zero attached hydrogens (tertiary/aromatic N) is 2. The highest BCUT2D eigenvalue weighted by molar-refractivity contribution is 8.27. The zero-order chi connectivity index (χ0) is 18.7. The number of carbonyl (C=O) groups excluding carboxylic acids is 1. The molecule has 1 fully saturated rings. The van der Waals surface area contributed by atoms with Crippen molar-refractivity contribution in [2.75, 3.05) is 23.9 Å². The van der Waals surface area contributed by atoms with E-state index in [4.69, 9.17) is 12.2 Å². The van der Waals surface area contributed by atoms with Crippen LogP contribution < -0.4 is 9.80 Å². The molecule has 1 aliphatic rings. The van der Waals surface area contributed by atoms with E-state index < -0.39 is 0 Å². The average molecular weight is 381 g/mol. The SMILES string of the molecule is CC(=C\c1ccccc1)/C=C1/SC(=S)N(c2ccc(N(C)C)cc2)C1=O. The molecule has 1 amide bonds. The predicted octanol–water partition coefficient (Wildman–Crippen LogP) is 5.10. The molecule has 0 spiro atoms. The van der Waals surface area contributed by atoms with E-state index >= 15 is 0 Å². The highest BCUT2D eigenvalue weighted by atomic mass is 32.2. The summed E-state index contributed by atoms with van der Waals surface area (Å²) < 4.78 is 0.561. The number of carbonyl (C=O) groups is 1. The van der Waals surface area contributed by atoms with Crippen LogP contribution in [0.1, 0.15) is 12.5 Å². The van der Waals surface area contributed by atoms with Crippen LogP contribution in [0.3, 0.4) is 0 Å². The third-order valence-electron chi connectivity index (χ3n) is 3.97. The molecule has 1 heterocycles. The fourth-order valence-corrected chi connectivity index (χ4v) is 4.00. The van der Waals surface area contributed by atoms with Crippen LogP contribution in [0, 0.1) is 0 Å². The van der Waals surface area contributed by atoms with Gasteiger partial charge in [0.05, 0.1) is 10.6 Å². The first-order chi connectivity index (χ1) is 12.5. The summed E-state index contributed by atoms with van der Waals surface area (Å²) in [5, 5.41) is 0. The van der Waals surface area contributed by atoms with Crippen LogP contribution in [0.25, 0.3) is 6.08 Å². The van der Waals surface area contributed by atoms with Gasteiger partial charge in [-0.05, 0) is 48.4 Å². The number of amides is 1. The maximum absolute atomic E-state index is 12.8. The summed E-state index contributed by atoms with van der Waals surface area (Å²) in [5.74, 6) is -0.0709. The monoisotopic (exact) mass is 380 g/mol. The molecule has 0 N–H and O–H groups in total. The van der Waals surface area contributed by atoms with Crippen molar-refractivity contribution in [3.8, 4) is 0 Å². The zero-order valence-corrected chi connectivity index (χ0v) is 16.6. The second-order valence-electron chi connectivity index (χ2n) is 6.23. The summed E-state index contributed by atoms with van der Waals surface area (Å²) in [6.07, 6.45) is 3.96.